The normalized spacial score (nSPS) is 13.6. The molecule has 0 saturated heterocycles. The Bertz CT molecular complexity index is 610. The number of hydrogen-bond acceptors (Lipinski definition) is 2. The predicted molar refractivity (Wildman–Crippen MR) is 116 cm³/mol. The van der Waals surface area contributed by atoms with Gasteiger partial charge in [0, 0.05) is 0 Å². The first kappa shape index (κ1) is 25.9. The van der Waals surface area contributed by atoms with E-state index in [1.165, 1.54) is 41.7 Å². The zero-order valence-corrected chi connectivity index (χ0v) is 20.0. The van der Waals surface area contributed by atoms with Gasteiger partial charge in [-0.15, -0.1) is 24.8 Å². The topological polar surface area (TPSA) is 15.3 Å². The number of nitrogens with one attached hydrogen (secondary N) is 1. The standard InChI is InChI=1S/C17H22N.C4H10N.2ClH.Ti/c1-13(2)16-7-5-6-8-17(16)15-10-9-14(11-15)12-18(3)4;1-2-3-4-5;;;/h5-9,11H,10,12H2,1-4H3;5H,2-4H2,1H3;2*1H;/q;-1;;;+1. The van der Waals surface area contributed by atoms with Gasteiger partial charge in [0.2, 0.25) is 0 Å². The first-order chi connectivity index (χ1) is 11.4. The van der Waals surface area contributed by atoms with Crippen LogP contribution in [0.4, 0.5) is 0 Å². The zero-order valence-electron chi connectivity index (χ0n) is 16.8. The first-order valence-electron chi connectivity index (χ1n) is 9.08. The summed E-state index contributed by atoms with van der Waals surface area (Å²) in [5.74, 6) is 0. The number of halogens is 2. The Morgan fingerprint density at radius 1 is 1.15 bits per heavy atom. The van der Waals surface area contributed by atoms with Gasteiger partial charge in [0.05, 0.1) is 0 Å². The van der Waals surface area contributed by atoms with Crippen LogP contribution in [0.3, 0.4) is 0 Å². The molecule has 1 aliphatic carbocycles. The molecule has 1 aromatic carbocycles. The second kappa shape index (κ2) is 12.4. The average molecular weight is 433 g/mol. The Morgan fingerprint density at radius 2 is 1.85 bits per heavy atom. The molecule has 0 aliphatic heterocycles. The SMILES string of the molecule is CCCC[NH][Ti][C](C)(C)c1ccccc1C1=CC(CN(C)C)=CC1.Cl.Cl. The van der Waals surface area contributed by atoms with E-state index in [0.29, 0.717) is 0 Å². The van der Waals surface area contributed by atoms with Gasteiger partial charge in [-0.2, -0.15) is 0 Å². The first-order valence-corrected chi connectivity index (χ1v) is 10.6. The molecule has 0 radical (unpaired) electrons. The molecule has 0 aromatic heterocycles. The predicted octanol–water partition coefficient (Wildman–Crippen LogP) is 5.43. The molecule has 146 valence electrons. The Morgan fingerprint density at radius 3 is 2.50 bits per heavy atom. The summed E-state index contributed by atoms with van der Waals surface area (Å²) in [5.41, 5.74) is 5.89. The summed E-state index contributed by atoms with van der Waals surface area (Å²) in [5, 5.41) is 0. The van der Waals surface area contributed by atoms with E-state index < -0.39 is 0 Å². The fourth-order valence-corrected chi connectivity index (χ4v) is 4.88. The fraction of sp³-hybridized carbons (Fsp3) is 0.524. The van der Waals surface area contributed by atoms with Crippen molar-refractivity contribution in [2.24, 2.45) is 0 Å². The third-order valence-electron chi connectivity index (χ3n) is 4.45. The van der Waals surface area contributed by atoms with Crippen molar-refractivity contribution in [2.75, 3.05) is 27.2 Å². The van der Waals surface area contributed by atoms with Crippen molar-refractivity contribution in [3.63, 3.8) is 0 Å². The van der Waals surface area contributed by atoms with Crippen LogP contribution >= 0.6 is 24.8 Å². The van der Waals surface area contributed by atoms with Gasteiger partial charge in [-0.25, -0.2) is 0 Å². The number of rotatable bonds is 9. The zero-order chi connectivity index (χ0) is 17.6. The molecule has 1 aliphatic rings. The van der Waals surface area contributed by atoms with Crippen molar-refractivity contribution in [2.45, 2.75) is 43.8 Å². The molecule has 26 heavy (non-hydrogen) atoms. The molecule has 0 heterocycles. The van der Waals surface area contributed by atoms with E-state index in [1.54, 1.807) is 0 Å². The molecule has 2 nitrogen and oxygen atoms in total. The monoisotopic (exact) mass is 432 g/mol. The Hall–Kier alpha value is -0.0857. The third kappa shape index (κ3) is 7.50. The molecule has 0 amide bonds. The van der Waals surface area contributed by atoms with Crippen molar-refractivity contribution in [1.82, 2.24) is 8.70 Å². The van der Waals surface area contributed by atoms with Crippen LogP contribution in [0.1, 0.15) is 51.2 Å². The van der Waals surface area contributed by atoms with Gasteiger partial charge in [0.15, 0.2) is 0 Å². The summed E-state index contributed by atoms with van der Waals surface area (Å²) < 4.78 is 4.02. The van der Waals surface area contributed by atoms with Crippen LogP contribution in [0, 0.1) is 0 Å². The quantitative estimate of drug-likeness (QED) is 0.413. The molecule has 0 spiro atoms. The van der Waals surface area contributed by atoms with Gasteiger partial charge >= 0.3 is 158 Å². The van der Waals surface area contributed by atoms with E-state index in [1.807, 2.05) is 0 Å². The number of likely N-dealkylation sites (N-methyl/N-ethyl adjacent to an activating group) is 1. The summed E-state index contributed by atoms with van der Waals surface area (Å²) in [4.78, 5) is 2.24. The van der Waals surface area contributed by atoms with Crippen LogP contribution in [-0.4, -0.2) is 32.1 Å². The molecule has 0 fully saturated rings. The Labute approximate surface area is 181 Å². The number of benzene rings is 1. The van der Waals surface area contributed by atoms with E-state index in [9.17, 15) is 0 Å². The van der Waals surface area contributed by atoms with Gasteiger partial charge in [-0.05, 0) is 0 Å². The maximum absolute atomic E-state index is 3.76. The smallest absolute Gasteiger partial charge is 0.147 e. The second-order valence-electron chi connectivity index (χ2n) is 7.47. The van der Waals surface area contributed by atoms with Crippen LogP contribution in [0.25, 0.3) is 5.57 Å². The maximum atomic E-state index is 3.76. The molecule has 0 atom stereocenters. The molecule has 1 aromatic rings. The van der Waals surface area contributed by atoms with Crippen LogP contribution in [0.2, 0.25) is 0 Å². The van der Waals surface area contributed by atoms with Gasteiger partial charge < -0.3 is 0 Å². The summed E-state index contributed by atoms with van der Waals surface area (Å²) in [7, 11) is 4.27. The summed E-state index contributed by atoms with van der Waals surface area (Å²) >= 11 is -0.223. The van der Waals surface area contributed by atoms with Crippen molar-refractivity contribution < 1.29 is 19.4 Å². The molecule has 2 rings (SSSR count). The molecule has 1 N–H and O–H groups in total. The largest absolute Gasteiger partial charge is 0.147 e. The van der Waals surface area contributed by atoms with E-state index >= 15 is 0 Å². The molecular weight excluding hydrogens is 399 g/mol. The maximum Gasteiger partial charge on any atom is -0.147 e. The number of unbranched alkanes of at least 4 members (excludes halogenated alkanes) is 1. The van der Waals surface area contributed by atoms with E-state index in [0.717, 1.165) is 13.0 Å². The molecule has 0 saturated carbocycles. The fourth-order valence-electron chi connectivity index (χ4n) is 3.17. The van der Waals surface area contributed by atoms with Crippen LogP contribution < -0.4 is 3.80 Å². The number of nitrogens with zero attached hydrogens (tertiary/aromatic N) is 1. The van der Waals surface area contributed by atoms with E-state index in [4.69, 9.17) is 0 Å². The number of allylic oxidation sites excluding steroid dienone is 2. The van der Waals surface area contributed by atoms with Gasteiger partial charge in [-0.1, -0.05) is 0 Å². The molecule has 5 heteroatoms. The van der Waals surface area contributed by atoms with Crippen molar-refractivity contribution in [1.29, 1.82) is 0 Å². The average Bonchev–Trinajstić information content (AvgIpc) is 2.99. The summed E-state index contributed by atoms with van der Waals surface area (Å²) in [6.07, 6.45) is 8.40. The van der Waals surface area contributed by atoms with Gasteiger partial charge in [-0.3, -0.25) is 0 Å². The minimum Gasteiger partial charge on any atom is -0.147 e. The molecule has 0 unspecified atom stereocenters. The van der Waals surface area contributed by atoms with Crippen LogP contribution in [0.5, 0.6) is 0 Å². The Kier molecular flexibility index (Phi) is 12.3. The van der Waals surface area contributed by atoms with Gasteiger partial charge in [0.1, 0.15) is 0 Å². The molecule has 0 bridgehead atoms. The summed E-state index contributed by atoms with van der Waals surface area (Å²) in [6.45, 7) is 9.27. The van der Waals surface area contributed by atoms with E-state index in [2.05, 4.69) is 80.0 Å². The van der Waals surface area contributed by atoms with Crippen molar-refractivity contribution in [3.05, 3.63) is 53.1 Å². The van der Waals surface area contributed by atoms with Gasteiger partial charge in [0.25, 0.3) is 0 Å². The number of hydrogen-bond donors (Lipinski definition) is 1. The van der Waals surface area contributed by atoms with Crippen LogP contribution in [-0.2, 0) is 23.1 Å². The Balaban J connectivity index is 0.00000312. The van der Waals surface area contributed by atoms with Crippen LogP contribution in [0.15, 0.2) is 42.0 Å². The molecular formula is C21H34Cl2N2Ti. The minimum absolute atomic E-state index is 0. The third-order valence-corrected chi connectivity index (χ3v) is 6.51. The minimum atomic E-state index is -0.223. The second-order valence-corrected chi connectivity index (χ2v) is 10.4. The van der Waals surface area contributed by atoms with Crippen molar-refractivity contribution >= 4 is 30.4 Å². The van der Waals surface area contributed by atoms with E-state index in [-0.39, 0.29) is 47.9 Å². The summed E-state index contributed by atoms with van der Waals surface area (Å²) in [6, 6.07) is 9.03. The van der Waals surface area contributed by atoms with Crippen molar-refractivity contribution in [3.8, 4) is 0 Å².